The van der Waals surface area contributed by atoms with Gasteiger partial charge in [-0.1, -0.05) is 31.5 Å². The highest BCUT2D eigenvalue weighted by molar-refractivity contribution is 5.65. The smallest absolute Gasteiger partial charge is 0.387 e. The lowest BCUT2D eigenvalue weighted by molar-refractivity contribution is -0.0521. The van der Waals surface area contributed by atoms with Crippen LogP contribution in [-0.4, -0.2) is 6.61 Å². The summed E-state index contributed by atoms with van der Waals surface area (Å²) in [5.41, 5.74) is 1.57. The van der Waals surface area contributed by atoms with Crippen molar-refractivity contribution in [2.75, 3.05) is 0 Å². The van der Waals surface area contributed by atoms with E-state index >= 15 is 0 Å². The molecule has 1 unspecified atom stereocenters. The third kappa shape index (κ3) is 4.44. The van der Waals surface area contributed by atoms with Gasteiger partial charge in [0.15, 0.2) is 11.6 Å². The van der Waals surface area contributed by atoms with Crippen molar-refractivity contribution in [2.24, 2.45) is 17.8 Å². The van der Waals surface area contributed by atoms with Crippen molar-refractivity contribution in [3.8, 4) is 16.9 Å². The maximum atomic E-state index is 14.8. The van der Waals surface area contributed by atoms with Gasteiger partial charge >= 0.3 is 6.61 Å². The lowest BCUT2D eigenvalue weighted by atomic mass is 9.64. The number of benzene rings is 2. The van der Waals surface area contributed by atoms with Crippen molar-refractivity contribution in [1.82, 2.24) is 0 Å². The zero-order valence-corrected chi connectivity index (χ0v) is 16.5. The van der Waals surface area contributed by atoms with Crippen molar-refractivity contribution >= 4 is 0 Å². The standard InChI is InChI=1S/C24H26F4O/c1-14-2-3-16-11-17(5-4-15(16)10-14)18-6-8-20(21(25)12-18)19-7-9-23(22(26)13-19)29-24(27)28/h6-9,12-17,24H,2-5,10-11H2,1H3/t14?,15-,16-,17-/m1/s1. The van der Waals surface area contributed by atoms with E-state index < -0.39 is 24.0 Å². The first-order chi connectivity index (χ1) is 13.9. The van der Waals surface area contributed by atoms with E-state index in [1.807, 2.05) is 6.07 Å². The van der Waals surface area contributed by atoms with Crippen LogP contribution in [0.25, 0.3) is 11.1 Å². The Labute approximate surface area is 169 Å². The molecule has 2 aromatic rings. The SMILES string of the molecule is CC1CC[C@@H]2C[C@H](c3ccc(-c4ccc(OC(F)F)c(F)c4)c(F)c3)CC[C@@H]2C1. The Kier molecular flexibility index (Phi) is 5.84. The molecule has 2 saturated carbocycles. The first kappa shape index (κ1) is 20.2. The molecule has 4 atom stereocenters. The summed E-state index contributed by atoms with van der Waals surface area (Å²) < 4.78 is 57.5. The molecule has 4 rings (SSSR count). The number of hydrogen-bond acceptors (Lipinski definition) is 1. The molecule has 2 fully saturated rings. The van der Waals surface area contributed by atoms with Gasteiger partial charge in [0.2, 0.25) is 0 Å². The summed E-state index contributed by atoms with van der Waals surface area (Å²) in [7, 11) is 0. The van der Waals surface area contributed by atoms with E-state index in [0.717, 1.165) is 48.3 Å². The van der Waals surface area contributed by atoms with E-state index in [2.05, 4.69) is 11.7 Å². The summed E-state index contributed by atoms with van der Waals surface area (Å²) in [4.78, 5) is 0. The second-order valence-corrected chi connectivity index (χ2v) is 8.71. The fourth-order valence-corrected chi connectivity index (χ4v) is 5.31. The first-order valence-electron chi connectivity index (χ1n) is 10.4. The Morgan fingerprint density at radius 2 is 1.62 bits per heavy atom. The molecule has 2 aliphatic carbocycles. The summed E-state index contributed by atoms with van der Waals surface area (Å²) in [5.74, 6) is 0.855. The maximum Gasteiger partial charge on any atom is 0.387 e. The Hall–Kier alpha value is -2.04. The third-order valence-electron chi connectivity index (χ3n) is 6.80. The number of hydrogen-bond donors (Lipinski definition) is 0. The molecule has 29 heavy (non-hydrogen) atoms. The van der Waals surface area contributed by atoms with Gasteiger partial charge in [-0.15, -0.1) is 0 Å². The van der Waals surface area contributed by atoms with Gasteiger partial charge in [-0.05, 0) is 85.1 Å². The lowest BCUT2D eigenvalue weighted by Gasteiger charge is -2.41. The second-order valence-electron chi connectivity index (χ2n) is 8.71. The Morgan fingerprint density at radius 3 is 2.34 bits per heavy atom. The van der Waals surface area contributed by atoms with Crippen molar-refractivity contribution in [3.05, 3.63) is 53.6 Å². The van der Waals surface area contributed by atoms with Gasteiger partial charge in [0.25, 0.3) is 0 Å². The topological polar surface area (TPSA) is 9.23 Å². The van der Waals surface area contributed by atoms with Gasteiger partial charge < -0.3 is 4.74 Å². The Balaban J connectivity index is 1.51. The monoisotopic (exact) mass is 406 g/mol. The molecule has 5 heteroatoms. The summed E-state index contributed by atoms with van der Waals surface area (Å²) in [6.07, 6.45) is 7.29. The molecule has 0 N–H and O–H groups in total. The van der Waals surface area contributed by atoms with Crippen LogP contribution in [0.2, 0.25) is 0 Å². The van der Waals surface area contributed by atoms with E-state index in [1.54, 1.807) is 12.1 Å². The molecule has 0 heterocycles. The quantitative estimate of drug-likeness (QED) is 0.476. The van der Waals surface area contributed by atoms with Gasteiger partial charge in [-0.25, -0.2) is 8.78 Å². The molecule has 2 aliphatic rings. The molecule has 0 radical (unpaired) electrons. The fourth-order valence-electron chi connectivity index (χ4n) is 5.31. The predicted octanol–water partition coefficient (Wildman–Crippen LogP) is 7.55. The Bertz CT molecular complexity index is 866. The van der Waals surface area contributed by atoms with Crippen LogP contribution in [0.3, 0.4) is 0 Å². The molecule has 0 spiro atoms. The highest BCUT2D eigenvalue weighted by Gasteiger charge is 2.35. The summed E-state index contributed by atoms with van der Waals surface area (Å²) in [6.45, 7) is -0.764. The molecule has 0 aliphatic heterocycles. The van der Waals surface area contributed by atoms with E-state index in [0.29, 0.717) is 11.5 Å². The minimum Gasteiger partial charge on any atom is -0.432 e. The van der Waals surface area contributed by atoms with Crippen molar-refractivity contribution in [3.63, 3.8) is 0 Å². The summed E-state index contributed by atoms with van der Waals surface area (Å²) in [5, 5.41) is 0. The molecule has 156 valence electrons. The predicted molar refractivity (Wildman–Crippen MR) is 105 cm³/mol. The molecule has 0 saturated heterocycles. The molecule has 0 bridgehead atoms. The zero-order valence-electron chi connectivity index (χ0n) is 16.5. The average molecular weight is 406 g/mol. The first-order valence-corrected chi connectivity index (χ1v) is 10.4. The van der Waals surface area contributed by atoms with E-state index in [1.165, 1.54) is 31.7 Å². The largest absolute Gasteiger partial charge is 0.432 e. The Morgan fingerprint density at radius 1 is 0.862 bits per heavy atom. The summed E-state index contributed by atoms with van der Waals surface area (Å²) in [6, 6.07) is 8.69. The lowest BCUT2D eigenvalue weighted by Crippen LogP contribution is -2.29. The molecular formula is C24H26F4O. The van der Waals surface area contributed by atoms with Crippen LogP contribution in [0.5, 0.6) is 5.75 Å². The number of halogens is 4. The maximum absolute atomic E-state index is 14.8. The van der Waals surface area contributed by atoms with Crippen LogP contribution in [0.1, 0.15) is 56.9 Å². The third-order valence-corrected chi connectivity index (χ3v) is 6.80. The molecule has 2 aromatic carbocycles. The highest BCUT2D eigenvalue weighted by atomic mass is 19.3. The minimum absolute atomic E-state index is 0.261. The fraction of sp³-hybridized carbons (Fsp3) is 0.500. The number of alkyl halides is 2. The number of ether oxygens (including phenoxy) is 1. The van der Waals surface area contributed by atoms with Crippen molar-refractivity contribution < 1.29 is 22.3 Å². The van der Waals surface area contributed by atoms with Crippen LogP contribution < -0.4 is 4.74 Å². The zero-order chi connectivity index (χ0) is 20.5. The van der Waals surface area contributed by atoms with Crippen LogP contribution in [0.15, 0.2) is 36.4 Å². The summed E-state index contributed by atoms with van der Waals surface area (Å²) >= 11 is 0. The highest BCUT2D eigenvalue weighted by Crippen LogP contribution is 2.47. The van der Waals surface area contributed by atoms with Crippen LogP contribution >= 0.6 is 0 Å². The van der Waals surface area contributed by atoms with Gasteiger partial charge in [-0.2, -0.15) is 8.78 Å². The van der Waals surface area contributed by atoms with E-state index in [4.69, 9.17) is 0 Å². The number of rotatable bonds is 4. The van der Waals surface area contributed by atoms with Crippen molar-refractivity contribution in [1.29, 1.82) is 0 Å². The second kappa shape index (κ2) is 8.37. The number of fused-ring (bicyclic) bond motifs is 1. The van der Waals surface area contributed by atoms with Crippen LogP contribution in [0.4, 0.5) is 17.6 Å². The average Bonchev–Trinajstić information content (AvgIpc) is 2.69. The molecular weight excluding hydrogens is 380 g/mol. The normalized spacial score (nSPS) is 27.0. The van der Waals surface area contributed by atoms with Crippen LogP contribution in [0, 0.1) is 29.4 Å². The minimum atomic E-state index is -3.10. The van der Waals surface area contributed by atoms with E-state index in [9.17, 15) is 17.6 Å². The van der Waals surface area contributed by atoms with Gasteiger partial charge in [0, 0.05) is 5.56 Å². The molecule has 0 aromatic heterocycles. The van der Waals surface area contributed by atoms with Gasteiger partial charge in [0.1, 0.15) is 5.82 Å². The van der Waals surface area contributed by atoms with Crippen molar-refractivity contribution in [2.45, 2.75) is 58.0 Å². The van der Waals surface area contributed by atoms with E-state index in [-0.39, 0.29) is 5.56 Å². The van der Waals surface area contributed by atoms with Gasteiger partial charge in [-0.3, -0.25) is 0 Å². The molecule has 0 amide bonds. The molecule has 1 nitrogen and oxygen atoms in total. The van der Waals surface area contributed by atoms with Crippen LogP contribution in [-0.2, 0) is 0 Å². The van der Waals surface area contributed by atoms with Gasteiger partial charge in [0.05, 0.1) is 0 Å².